The summed E-state index contributed by atoms with van der Waals surface area (Å²) in [5.74, 6) is 1.58. The van der Waals surface area contributed by atoms with Gasteiger partial charge in [-0.3, -0.25) is 0 Å². The van der Waals surface area contributed by atoms with Crippen LogP contribution in [-0.2, 0) is 11.3 Å². The fourth-order valence-electron chi connectivity index (χ4n) is 2.18. The van der Waals surface area contributed by atoms with Gasteiger partial charge in [0.1, 0.15) is 12.4 Å². The molecular weight excluding hydrogens is 230 g/mol. The van der Waals surface area contributed by atoms with Gasteiger partial charge in [0, 0.05) is 12.6 Å². The molecule has 1 aliphatic rings. The Bertz CT molecular complexity index is 322. The lowest BCUT2D eigenvalue weighted by atomic mass is 9.80. The fourth-order valence-corrected chi connectivity index (χ4v) is 2.18. The molecule has 0 spiro atoms. The third-order valence-corrected chi connectivity index (χ3v) is 3.67. The van der Waals surface area contributed by atoms with Crippen LogP contribution < -0.4 is 5.32 Å². The van der Waals surface area contributed by atoms with Crippen LogP contribution in [0.2, 0.25) is 0 Å². The average Bonchev–Trinajstić information content (AvgIpc) is 2.77. The van der Waals surface area contributed by atoms with Crippen LogP contribution in [-0.4, -0.2) is 30.4 Å². The number of ether oxygens (including phenoxy) is 1. The highest BCUT2D eigenvalue weighted by Gasteiger charge is 2.23. The first-order valence-electron chi connectivity index (χ1n) is 6.77. The number of furan rings is 1. The standard InChI is InChI=1S/C14H23NO3/c1-11(12-4-2-5-12)15-8-13(16)9-17-10-14-6-3-7-18-14/h3,6-7,11-13,15-16H,2,4-5,8-10H2,1H3. The van der Waals surface area contributed by atoms with Crippen molar-refractivity contribution in [3.8, 4) is 0 Å². The predicted octanol–water partition coefficient (Wildman–Crippen LogP) is 1.94. The van der Waals surface area contributed by atoms with Crippen molar-refractivity contribution in [3.63, 3.8) is 0 Å². The molecule has 2 N–H and O–H groups in total. The third-order valence-electron chi connectivity index (χ3n) is 3.67. The molecule has 0 aromatic carbocycles. The maximum Gasteiger partial charge on any atom is 0.129 e. The molecule has 0 radical (unpaired) electrons. The zero-order valence-corrected chi connectivity index (χ0v) is 11.0. The molecule has 2 unspecified atom stereocenters. The zero-order valence-electron chi connectivity index (χ0n) is 11.0. The van der Waals surface area contributed by atoms with E-state index in [0.717, 1.165) is 11.7 Å². The van der Waals surface area contributed by atoms with E-state index in [1.165, 1.54) is 19.3 Å². The van der Waals surface area contributed by atoms with Crippen molar-refractivity contribution in [3.05, 3.63) is 24.2 Å². The number of aliphatic hydroxyl groups is 1. The Morgan fingerprint density at radius 3 is 3.00 bits per heavy atom. The van der Waals surface area contributed by atoms with Crippen LogP contribution in [0.1, 0.15) is 31.9 Å². The SMILES string of the molecule is CC(NCC(O)COCc1ccco1)C1CCC1. The molecule has 1 aromatic heterocycles. The normalized spacial score (nSPS) is 19.4. The molecule has 1 saturated carbocycles. The van der Waals surface area contributed by atoms with E-state index < -0.39 is 6.10 Å². The quantitative estimate of drug-likeness (QED) is 0.743. The molecule has 1 aliphatic carbocycles. The maximum absolute atomic E-state index is 9.78. The number of hydrogen-bond donors (Lipinski definition) is 2. The Kier molecular flexibility index (Phi) is 5.23. The van der Waals surface area contributed by atoms with Crippen LogP contribution in [0.25, 0.3) is 0 Å². The fraction of sp³-hybridized carbons (Fsp3) is 0.714. The van der Waals surface area contributed by atoms with Gasteiger partial charge in [0.25, 0.3) is 0 Å². The molecule has 1 aromatic rings. The van der Waals surface area contributed by atoms with Crippen LogP contribution in [0.3, 0.4) is 0 Å². The minimum atomic E-state index is -0.456. The van der Waals surface area contributed by atoms with Gasteiger partial charge in [-0.1, -0.05) is 6.42 Å². The van der Waals surface area contributed by atoms with Gasteiger partial charge >= 0.3 is 0 Å². The summed E-state index contributed by atoms with van der Waals surface area (Å²) < 4.78 is 10.5. The highest BCUT2D eigenvalue weighted by atomic mass is 16.5. The van der Waals surface area contributed by atoms with Crippen molar-refractivity contribution in [2.75, 3.05) is 13.2 Å². The molecule has 0 amide bonds. The lowest BCUT2D eigenvalue weighted by Crippen LogP contribution is -2.41. The van der Waals surface area contributed by atoms with Gasteiger partial charge in [0.2, 0.25) is 0 Å². The Hall–Kier alpha value is -0.840. The highest BCUT2D eigenvalue weighted by Crippen LogP contribution is 2.29. The summed E-state index contributed by atoms with van der Waals surface area (Å²) in [5.41, 5.74) is 0. The minimum Gasteiger partial charge on any atom is -0.467 e. The number of aliphatic hydroxyl groups excluding tert-OH is 1. The maximum atomic E-state index is 9.78. The van der Waals surface area contributed by atoms with Crippen LogP contribution >= 0.6 is 0 Å². The van der Waals surface area contributed by atoms with E-state index in [0.29, 0.717) is 25.8 Å². The monoisotopic (exact) mass is 253 g/mol. The molecular formula is C14H23NO3. The zero-order chi connectivity index (χ0) is 12.8. The van der Waals surface area contributed by atoms with E-state index in [1.807, 2.05) is 12.1 Å². The largest absolute Gasteiger partial charge is 0.467 e. The van der Waals surface area contributed by atoms with Gasteiger partial charge in [0.05, 0.1) is 19.0 Å². The number of nitrogens with one attached hydrogen (secondary N) is 1. The van der Waals surface area contributed by atoms with E-state index in [9.17, 15) is 5.11 Å². The van der Waals surface area contributed by atoms with E-state index in [2.05, 4.69) is 12.2 Å². The lowest BCUT2D eigenvalue weighted by Gasteiger charge is -2.32. The second-order valence-corrected chi connectivity index (χ2v) is 5.14. The second-order valence-electron chi connectivity index (χ2n) is 5.14. The Labute approximate surface area is 108 Å². The van der Waals surface area contributed by atoms with Crippen LogP contribution in [0.5, 0.6) is 0 Å². The Morgan fingerprint density at radius 1 is 1.56 bits per heavy atom. The summed E-state index contributed by atoms with van der Waals surface area (Å²) in [6.45, 7) is 3.55. The topological polar surface area (TPSA) is 54.6 Å². The van der Waals surface area contributed by atoms with Gasteiger partial charge in [-0.2, -0.15) is 0 Å². The van der Waals surface area contributed by atoms with Crippen LogP contribution in [0.15, 0.2) is 22.8 Å². The first-order chi connectivity index (χ1) is 8.75. The molecule has 4 nitrogen and oxygen atoms in total. The smallest absolute Gasteiger partial charge is 0.129 e. The average molecular weight is 253 g/mol. The van der Waals surface area contributed by atoms with E-state index >= 15 is 0 Å². The molecule has 0 aliphatic heterocycles. The molecule has 2 rings (SSSR count). The van der Waals surface area contributed by atoms with Crippen molar-refractivity contribution in [1.82, 2.24) is 5.32 Å². The van der Waals surface area contributed by atoms with Gasteiger partial charge in [-0.15, -0.1) is 0 Å². The number of hydrogen-bond acceptors (Lipinski definition) is 4. The van der Waals surface area contributed by atoms with Crippen LogP contribution in [0, 0.1) is 5.92 Å². The molecule has 102 valence electrons. The highest BCUT2D eigenvalue weighted by molar-refractivity contribution is 4.96. The first kappa shape index (κ1) is 13.6. The van der Waals surface area contributed by atoms with E-state index in [4.69, 9.17) is 9.15 Å². The van der Waals surface area contributed by atoms with Gasteiger partial charge in [-0.05, 0) is 37.8 Å². The molecule has 1 heterocycles. The van der Waals surface area contributed by atoms with Crippen molar-refractivity contribution in [2.24, 2.45) is 5.92 Å². The lowest BCUT2D eigenvalue weighted by molar-refractivity contribution is 0.0201. The minimum absolute atomic E-state index is 0.338. The van der Waals surface area contributed by atoms with Crippen molar-refractivity contribution >= 4 is 0 Å². The van der Waals surface area contributed by atoms with E-state index in [-0.39, 0.29) is 0 Å². The summed E-state index contributed by atoms with van der Waals surface area (Å²) in [4.78, 5) is 0. The van der Waals surface area contributed by atoms with Crippen molar-refractivity contribution in [2.45, 2.75) is 44.9 Å². The van der Waals surface area contributed by atoms with Crippen molar-refractivity contribution < 1.29 is 14.3 Å². The molecule has 18 heavy (non-hydrogen) atoms. The van der Waals surface area contributed by atoms with E-state index in [1.54, 1.807) is 6.26 Å². The number of rotatable bonds is 8. The first-order valence-corrected chi connectivity index (χ1v) is 6.77. The van der Waals surface area contributed by atoms with Gasteiger partial charge < -0.3 is 19.6 Å². The molecule has 2 atom stereocenters. The Balaban J connectivity index is 1.53. The summed E-state index contributed by atoms with van der Waals surface area (Å²) in [7, 11) is 0. The molecule has 4 heteroatoms. The molecule has 0 bridgehead atoms. The summed E-state index contributed by atoms with van der Waals surface area (Å²) in [6, 6.07) is 4.19. The van der Waals surface area contributed by atoms with Crippen LogP contribution in [0.4, 0.5) is 0 Å². The van der Waals surface area contributed by atoms with Gasteiger partial charge in [0.15, 0.2) is 0 Å². The third kappa shape index (κ3) is 4.12. The predicted molar refractivity (Wildman–Crippen MR) is 69.2 cm³/mol. The van der Waals surface area contributed by atoms with Crippen molar-refractivity contribution in [1.29, 1.82) is 0 Å². The molecule has 1 fully saturated rings. The summed E-state index contributed by atoms with van der Waals surface area (Å²) >= 11 is 0. The Morgan fingerprint density at radius 2 is 2.39 bits per heavy atom. The summed E-state index contributed by atoms with van der Waals surface area (Å²) in [5, 5.41) is 13.2. The molecule has 0 saturated heterocycles. The van der Waals surface area contributed by atoms with Gasteiger partial charge in [-0.25, -0.2) is 0 Å². The summed E-state index contributed by atoms with van der Waals surface area (Å²) in [6.07, 6.45) is 5.16. The second kappa shape index (κ2) is 6.92.